The molecule has 0 fully saturated rings. The van der Waals surface area contributed by atoms with Gasteiger partial charge in [-0.2, -0.15) is 0 Å². The molecule has 15 heavy (non-hydrogen) atoms. The lowest BCUT2D eigenvalue weighted by atomic mass is 9.95. The van der Waals surface area contributed by atoms with Crippen LogP contribution in [0.5, 0.6) is 0 Å². The van der Waals surface area contributed by atoms with Crippen LogP contribution < -0.4 is 0 Å². The molecule has 0 aliphatic rings. The third kappa shape index (κ3) is 1.76. The second-order valence-electron chi connectivity index (χ2n) is 3.49. The summed E-state index contributed by atoms with van der Waals surface area (Å²) in [5.74, 6) is -0.420. The molecule has 0 aliphatic carbocycles. The van der Waals surface area contributed by atoms with E-state index in [0.29, 0.717) is 0 Å². The number of aliphatic hydroxyl groups excluding tert-OH is 1. The van der Waals surface area contributed by atoms with Crippen molar-refractivity contribution < 1.29 is 9.90 Å². The molecule has 1 unspecified atom stereocenters. The number of fused-ring (bicyclic) bond motifs is 1. The summed E-state index contributed by atoms with van der Waals surface area (Å²) in [6.45, 7) is -0.141. The number of hydrogen-bond donors (Lipinski definition) is 1. The molecule has 0 saturated carbocycles. The van der Waals surface area contributed by atoms with E-state index in [1.54, 1.807) is 0 Å². The first kappa shape index (κ1) is 9.87. The monoisotopic (exact) mass is 200 g/mol. The van der Waals surface area contributed by atoms with Gasteiger partial charge >= 0.3 is 0 Å². The van der Waals surface area contributed by atoms with Crippen LogP contribution in [0.1, 0.15) is 11.5 Å². The minimum atomic E-state index is -0.420. The highest BCUT2D eigenvalue weighted by molar-refractivity contribution is 5.88. The van der Waals surface area contributed by atoms with Crippen molar-refractivity contribution >= 4 is 17.1 Å². The Labute approximate surface area is 88.2 Å². The first-order valence-electron chi connectivity index (χ1n) is 4.90. The third-order valence-corrected chi connectivity index (χ3v) is 2.58. The first-order chi connectivity index (χ1) is 7.36. The maximum Gasteiger partial charge on any atom is 0.129 e. The van der Waals surface area contributed by atoms with Gasteiger partial charge in [0.2, 0.25) is 0 Å². The molecule has 2 heteroatoms. The summed E-state index contributed by atoms with van der Waals surface area (Å²) in [5, 5.41) is 11.2. The van der Waals surface area contributed by atoms with E-state index in [1.807, 2.05) is 42.5 Å². The van der Waals surface area contributed by atoms with Gasteiger partial charge in [-0.15, -0.1) is 0 Å². The van der Waals surface area contributed by atoms with Crippen molar-refractivity contribution in [2.24, 2.45) is 0 Å². The van der Waals surface area contributed by atoms with Gasteiger partial charge < -0.3 is 9.90 Å². The topological polar surface area (TPSA) is 37.3 Å². The molecule has 0 bridgehead atoms. The number of carbonyl (C=O) groups excluding carboxylic acids is 1. The number of carbonyl (C=O) groups is 1. The van der Waals surface area contributed by atoms with Gasteiger partial charge in [-0.1, -0.05) is 42.5 Å². The van der Waals surface area contributed by atoms with Crippen molar-refractivity contribution in [3.63, 3.8) is 0 Å². The zero-order chi connectivity index (χ0) is 10.7. The van der Waals surface area contributed by atoms with Crippen LogP contribution in [0.3, 0.4) is 0 Å². The number of aliphatic hydroxyl groups is 1. The predicted molar refractivity (Wildman–Crippen MR) is 59.8 cm³/mol. The second-order valence-corrected chi connectivity index (χ2v) is 3.49. The zero-order valence-corrected chi connectivity index (χ0v) is 8.26. The number of benzene rings is 2. The van der Waals surface area contributed by atoms with Crippen LogP contribution in [0.25, 0.3) is 10.8 Å². The number of hydrogen-bond acceptors (Lipinski definition) is 2. The quantitative estimate of drug-likeness (QED) is 0.770. The van der Waals surface area contributed by atoms with Crippen molar-refractivity contribution in [2.75, 3.05) is 6.61 Å². The van der Waals surface area contributed by atoms with E-state index in [4.69, 9.17) is 5.11 Å². The van der Waals surface area contributed by atoms with Crippen LogP contribution in [0.15, 0.2) is 42.5 Å². The van der Waals surface area contributed by atoms with E-state index in [9.17, 15) is 4.79 Å². The van der Waals surface area contributed by atoms with Crippen molar-refractivity contribution in [3.8, 4) is 0 Å². The molecule has 0 aromatic heterocycles. The molecular formula is C13H12O2. The van der Waals surface area contributed by atoms with E-state index in [1.165, 1.54) is 0 Å². The molecule has 2 nitrogen and oxygen atoms in total. The molecule has 0 saturated heterocycles. The highest BCUT2D eigenvalue weighted by Gasteiger charge is 2.11. The highest BCUT2D eigenvalue weighted by atomic mass is 16.3. The average molecular weight is 200 g/mol. The van der Waals surface area contributed by atoms with Crippen LogP contribution in [0, 0.1) is 0 Å². The van der Waals surface area contributed by atoms with E-state index < -0.39 is 5.92 Å². The zero-order valence-electron chi connectivity index (χ0n) is 8.26. The second kappa shape index (κ2) is 4.24. The van der Waals surface area contributed by atoms with Gasteiger partial charge in [-0.05, 0) is 16.3 Å². The maximum atomic E-state index is 10.8. The maximum absolute atomic E-state index is 10.8. The Morgan fingerprint density at radius 3 is 2.60 bits per heavy atom. The molecule has 0 radical (unpaired) electrons. The lowest BCUT2D eigenvalue weighted by Gasteiger charge is -2.10. The van der Waals surface area contributed by atoms with Gasteiger partial charge in [0.05, 0.1) is 12.5 Å². The molecule has 0 aliphatic heterocycles. The van der Waals surface area contributed by atoms with Gasteiger partial charge in [0.25, 0.3) is 0 Å². The van der Waals surface area contributed by atoms with E-state index >= 15 is 0 Å². The summed E-state index contributed by atoms with van der Waals surface area (Å²) in [4.78, 5) is 10.8. The van der Waals surface area contributed by atoms with E-state index in [2.05, 4.69) is 0 Å². The molecule has 2 aromatic rings. The third-order valence-electron chi connectivity index (χ3n) is 2.58. The fourth-order valence-corrected chi connectivity index (χ4v) is 1.79. The molecule has 1 atom stereocenters. The molecule has 76 valence electrons. The lowest BCUT2D eigenvalue weighted by molar-refractivity contribution is -0.109. The summed E-state index contributed by atoms with van der Waals surface area (Å²) < 4.78 is 0. The average Bonchev–Trinajstić information content (AvgIpc) is 2.31. The molecule has 2 aromatic carbocycles. The van der Waals surface area contributed by atoms with Gasteiger partial charge in [0.15, 0.2) is 0 Å². The summed E-state index contributed by atoms with van der Waals surface area (Å²) >= 11 is 0. The fraction of sp³-hybridized carbons (Fsp3) is 0.154. The van der Waals surface area contributed by atoms with Gasteiger partial charge in [0.1, 0.15) is 6.29 Å². The van der Waals surface area contributed by atoms with Crippen LogP contribution in [0.4, 0.5) is 0 Å². The van der Waals surface area contributed by atoms with Gasteiger partial charge in [0, 0.05) is 0 Å². The van der Waals surface area contributed by atoms with E-state index in [-0.39, 0.29) is 6.61 Å². The van der Waals surface area contributed by atoms with Crippen molar-refractivity contribution in [1.29, 1.82) is 0 Å². The Balaban J connectivity index is 2.64. The fourth-order valence-electron chi connectivity index (χ4n) is 1.79. The first-order valence-corrected chi connectivity index (χ1v) is 4.90. The summed E-state index contributed by atoms with van der Waals surface area (Å²) in [7, 11) is 0. The largest absolute Gasteiger partial charge is 0.395 e. The van der Waals surface area contributed by atoms with Crippen molar-refractivity contribution in [1.82, 2.24) is 0 Å². The number of rotatable bonds is 3. The smallest absolute Gasteiger partial charge is 0.129 e. The Hall–Kier alpha value is -1.67. The Kier molecular flexibility index (Phi) is 2.79. The minimum absolute atomic E-state index is 0.141. The predicted octanol–water partition coefficient (Wildman–Crippen LogP) is 2.11. The number of aldehydes is 1. The lowest BCUT2D eigenvalue weighted by Crippen LogP contribution is -2.05. The molecule has 0 heterocycles. The van der Waals surface area contributed by atoms with Crippen molar-refractivity contribution in [3.05, 3.63) is 48.0 Å². The van der Waals surface area contributed by atoms with Crippen LogP contribution >= 0.6 is 0 Å². The highest BCUT2D eigenvalue weighted by Crippen LogP contribution is 2.24. The molecular weight excluding hydrogens is 188 g/mol. The van der Waals surface area contributed by atoms with Crippen molar-refractivity contribution in [2.45, 2.75) is 5.92 Å². The minimum Gasteiger partial charge on any atom is -0.395 e. The Morgan fingerprint density at radius 2 is 1.87 bits per heavy atom. The molecule has 0 spiro atoms. The van der Waals surface area contributed by atoms with Gasteiger partial charge in [-0.25, -0.2) is 0 Å². The molecule has 0 amide bonds. The normalized spacial score (nSPS) is 12.6. The van der Waals surface area contributed by atoms with Gasteiger partial charge in [-0.3, -0.25) is 0 Å². The van der Waals surface area contributed by atoms with Crippen LogP contribution in [-0.4, -0.2) is 18.0 Å². The van der Waals surface area contributed by atoms with Crippen LogP contribution in [0.2, 0.25) is 0 Å². The van der Waals surface area contributed by atoms with E-state index in [0.717, 1.165) is 22.6 Å². The summed E-state index contributed by atoms with van der Waals surface area (Å²) in [6.07, 6.45) is 0.793. The molecule has 2 rings (SSSR count). The summed E-state index contributed by atoms with van der Waals surface area (Å²) in [6, 6.07) is 13.7. The SMILES string of the molecule is O=CC(CO)c1cccc2ccccc12. The molecule has 1 N–H and O–H groups in total. The Bertz CT molecular complexity index is 471. The summed E-state index contributed by atoms with van der Waals surface area (Å²) in [5.41, 5.74) is 0.894. The Morgan fingerprint density at radius 1 is 1.13 bits per heavy atom. The van der Waals surface area contributed by atoms with Crippen LogP contribution in [-0.2, 0) is 4.79 Å². The standard InChI is InChI=1S/C13H12O2/c14-8-11(9-15)13-7-3-5-10-4-1-2-6-12(10)13/h1-8,11,15H,9H2.